The Morgan fingerprint density at radius 3 is 2.49 bits per heavy atom. The summed E-state index contributed by atoms with van der Waals surface area (Å²) in [6, 6.07) is 12.0. The zero-order chi connectivity index (χ0) is 25.9. The Balaban J connectivity index is 1.25. The second-order valence-corrected chi connectivity index (χ2v) is 9.99. The van der Waals surface area contributed by atoms with Crippen molar-refractivity contribution in [1.29, 1.82) is 0 Å². The van der Waals surface area contributed by atoms with Gasteiger partial charge < -0.3 is 30.3 Å². The summed E-state index contributed by atoms with van der Waals surface area (Å²) < 4.78 is 0. The first-order chi connectivity index (χ1) is 17.9. The number of amides is 3. The molecule has 4 heterocycles. The molecule has 0 bridgehead atoms. The Morgan fingerprint density at radius 1 is 1.00 bits per heavy atom. The molecule has 37 heavy (non-hydrogen) atoms. The van der Waals surface area contributed by atoms with Gasteiger partial charge in [0.15, 0.2) is 5.82 Å². The molecule has 5 rings (SSSR count). The van der Waals surface area contributed by atoms with Crippen molar-refractivity contribution < 1.29 is 9.59 Å². The van der Waals surface area contributed by atoms with Gasteiger partial charge in [-0.15, -0.1) is 0 Å². The molecule has 2 aliphatic heterocycles. The summed E-state index contributed by atoms with van der Waals surface area (Å²) >= 11 is 0. The van der Waals surface area contributed by atoms with Gasteiger partial charge in [-0.25, -0.2) is 9.78 Å². The van der Waals surface area contributed by atoms with E-state index in [1.165, 1.54) is 0 Å². The lowest BCUT2D eigenvalue weighted by Crippen LogP contribution is -2.50. The Kier molecular flexibility index (Phi) is 7.18. The summed E-state index contributed by atoms with van der Waals surface area (Å²) in [7, 11) is 1.80. The molecule has 0 unspecified atom stereocenters. The zero-order valence-corrected chi connectivity index (χ0v) is 21.8. The number of H-pyrrole nitrogens is 1. The van der Waals surface area contributed by atoms with Crippen LogP contribution in [-0.2, 0) is 0 Å². The molecular formula is C27H36N8O2. The predicted molar refractivity (Wildman–Crippen MR) is 148 cm³/mol. The van der Waals surface area contributed by atoms with E-state index >= 15 is 0 Å². The second-order valence-electron chi connectivity index (χ2n) is 9.99. The van der Waals surface area contributed by atoms with Crippen molar-refractivity contribution in [2.24, 2.45) is 0 Å². The third-order valence-electron chi connectivity index (χ3n) is 6.99. The third-order valence-corrected chi connectivity index (χ3v) is 6.99. The van der Waals surface area contributed by atoms with Gasteiger partial charge in [-0.1, -0.05) is 0 Å². The van der Waals surface area contributed by atoms with Crippen LogP contribution in [0, 0.1) is 0 Å². The van der Waals surface area contributed by atoms with Gasteiger partial charge in [-0.2, -0.15) is 0 Å². The standard InChI is InChI=1S/C27H36N8O2/c1-19(2)30-23-5-4-8-29-25(23)33-13-15-34(16-14-33)26(36)24-18-20-17-21(6-7-22(20)31-24)32(3)27(37)35-11-9-28-10-12-35/h4-8,17-19,28,30-31H,9-16H2,1-3H3. The number of urea groups is 1. The van der Waals surface area contributed by atoms with Gasteiger partial charge in [0.2, 0.25) is 0 Å². The average Bonchev–Trinajstić information content (AvgIpc) is 3.36. The van der Waals surface area contributed by atoms with Crippen LogP contribution in [0.5, 0.6) is 0 Å². The van der Waals surface area contributed by atoms with Crippen molar-refractivity contribution in [3.8, 4) is 0 Å². The minimum atomic E-state index is -0.0100. The summed E-state index contributed by atoms with van der Waals surface area (Å²) in [5.41, 5.74) is 3.27. The van der Waals surface area contributed by atoms with E-state index < -0.39 is 0 Å². The molecule has 3 N–H and O–H groups in total. The van der Waals surface area contributed by atoms with Crippen LogP contribution in [0.2, 0.25) is 0 Å². The molecule has 3 amide bonds. The van der Waals surface area contributed by atoms with E-state index in [4.69, 9.17) is 0 Å². The Morgan fingerprint density at radius 2 is 1.76 bits per heavy atom. The summed E-state index contributed by atoms with van der Waals surface area (Å²) in [5, 5.41) is 7.65. The quantitative estimate of drug-likeness (QED) is 0.494. The highest BCUT2D eigenvalue weighted by Crippen LogP contribution is 2.26. The fourth-order valence-electron chi connectivity index (χ4n) is 4.99. The molecule has 1 aromatic carbocycles. The summed E-state index contributed by atoms with van der Waals surface area (Å²) in [6.45, 7) is 9.95. The zero-order valence-electron chi connectivity index (χ0n) is 21.8. The highest BCUT2D eigenvalue weighted by molar-refractivity contribution is 6.00. The number of benzene rings is 1. The van der Waals surface area contributed by atoms with E-state index in [1.807, 2.05) is 52.4 Å². The Bertz CT molecular complexity index is 1260. The molecule has 2 saturated heterocycles. The van der Waals surface area contributed by atoms with Gasteiger partial charge in [-0.05, 0) is 50.2 Å². The molecule has 10 heteroatoms. The number of nitrogens with zero attached hydrogens (tertiary/aromatic N) is 5. The molecule has 196 valence electrons. The van der Waals surface area contributed by atoms with Crippen LogP contribution >= 0.6 is 0 Å². The fraction of sp³-hybridized carbons (Fsp3) is 0.444. The minimum Gasteiger partial charge on any atom is -0.380 e. The highest BCUT2D eigenvalue weighted by Gasteiger charge is 2.26. The molecule has 0 saturated carbocycles. The van der Waals surface area contributed by atoms with E-state index in [0.717, 1.165) is 54.3 Å². The maximum atomic E-state index is 13.3. The lowest BCUT2D eigenvalue weighted by Gasteiger charge is -2.36. The average molecular weight is 505 g/mol. The summed E-state index contributed by atoms with van der Waals surface area (Å²) in [5.74, 6) is 0.921. The summed E-state index contributed by atoms with van der Waals surface area (Å²) in [4.78, 5) is 41.8. The van der Waals surface area contributed by atoms with Gasteiger partial charge in [-0.3, -0.25) is 9.69 Å². The Hall–Kier alpha value is -3.79. The van der Waals surface area contributed by atoms with E-state index in [0.29, 0.717) is 37.9 Å². The Labute approximate surface area is 217 Å². The number of nitrogens with one attached hydrogen (secondary N) is 3. The van der Waals surface area contributed by atoms with E-state index in [-0.39, 0.29) is 11.9 Å². The van der Waals surface area contributed by atoms with Crippen LogP contribution in [0.25, 0.3) is 10.9 Å². The smallest absolute Gasteiger partial charge is 0.324 e. The van der Waals surface area contributed by atoms with Gasteiger partial charge >= 0.3 is 6.03 Å². The SMILES string of the molecule is CC(C)Nc1cccnc1N1CCN(C(=O)c2cc3cc(N(C)C(=O)N4CCNCC4)ccc3[nH]2)CC1. The van der Waals surface area contributed by atoms with E-state index in [2.05, 4.69) is 39.3 Å². The lowest BCUT2D eigenvalue weighted by atomic mass is 10.2. The topological polar surface area (TPSA) is 99.8 Å². The number of carbonyl (C=O) groups excluding carboxylic acids is 2. The number of fused-ring (bicyclic) bond motifs is 1. The third kappa shape index (κ3) is 5.34. The normalized spacial score (nSPS) is 16.4. The van der Waals surface area contributed by atoms with Gasteiger partial charge in [0.25, 0.3) is 5.91 Å². The van der Waals surface area contributed by atoms with E-state index in [1.54, 1.807) is 11.9 Å². The molecular weight excluding hydrogens is 468 g/mol. The first-order valence-electron chi connectivity index (χ1n) is 13.0. The first-order valence-corrected chi connectivity index (χ1v) is 13.0. The number of hydrogen-bond acceptors (Lipinski definition) is 6. The molecule has 2 fully saturated rings. The predicted octanol–water partition coefficient (Wildman–Crippen LogP) is 2.81. The van der Waals surface area contributed by atoms with Crippen molar-refractivity contribution in [2.75, 3.05) is 74.5 Å². The molecule has 0 radical (unpaired) electrons. The number of piperazine rings is 2. The van der Waals surface area contributed by atoms with Crippen LogP contribution in [0.1, 0.15) is 24.3 Å². The van der Waals surface area contributed by atoms with Crippen LogP contribution in [0.3, 0.4) is 0 Å². The largest absolute Gasteiger partial charge is 0.380 e. The summed E-state index contributed by atoms with van der Waals surface area (Å²) in [6.07, 6.45) is 1.81. The highest BCUT2D eigenvalue weighted by atomic mass is 16.2. The minimum absolute atomic E-state index is 0.00906. The molecule has 0 aliphatic carbocycles. The molecule has 2 aromatic heterocycles. The number of carbonyl (C=O) groups is 2. The van der Waals surface area contributed by atoms with Gasteiger partial charge in [0.05, 0.1) is 5.69 Å². The van der Waals surface area contributed by atoms with Crippen molar-refractivity contribution >= 4 is 40.0 Å². The van der Waals surface area contributed by atoms with E-state index in [9.17, 15) is 9.59 Å². The number of aromatic amines is 1. The monoisotopic (exact) mass is 504 g/mol. The molecule has 0 spiro atoms. The number of hydrogen-bond donors (Lipinski definition) is 3. The van der Waals surface area contributed by atoms with Crippen LogP contribution in [0.4, 0.5) is 22.0 Å². The van der Waals surface area contributed by atoms with Gasteiger partial charge in [0.1, 0.15) is 5.69 Å². The second kappa shape index (κ2) is 10.7. The molecule has 10 nitrogen and oxygen atoms in total. The molecule has 0 atom stereocenters. The lowest BCUT2D eigenvalue weighted by molar-refractivity contribution is 0.0741. The van der Waals surface area contributed by atoms with Crippen molar-refractivity contribution in [1.82, 2.24) is 25.1 Å². The number of aromatic nitrogens is 2. The van der Waals surface area contributed by atoms with Crippen molar-refractivity contribution in [2.45, 2.75) is 19.9 Å². The van der Waals surface area contributed by atoms with Crippen LogP contribution in [0.15, 0.2) is 42.6 Å². The van der Waals surface area contributed by atoms with Crippen LogP contribution < -0.4 is 20.4 Å². The molecule has 2 aliphatic rings. The van der Waals surface area contributed by atoms with Crippen molar-refractivity contribution in [3.63, 3.8) is 0 Å². The number of pyridine rings is 1. The maximum absolute atomic E-state index is 13.3. The fourth-order valence-corrected chi connectivity index (χ4v) is 4.99. The maximum Gasteiger partial charge on any atom is 0.324 e. The van der Waals surface area contributed by atoms with Crippen LogP contribution in [-0.4, -0.2) is 97.2 Å². The first kappa shape index (κ1) is 24.9. The van der Waals surface area contributed by atoms with Gasteiger partial charge in [0, 0.05) is 88.2 Å². The number of rotatable bonds is 5. The van der Waals surface area contributed by atoms with Crippen molar-refractivity contribution in [3.05, 3.63) is 48.3 Å². The molecule has 3 aromatic rings. The number of anilines is 3.